The predicted molar refractivity (Wildman–Crippen MR) is 331 cm³/mol. The Bertz CT molecular complexity index is 3520. The maximum Gasteiger partial charge on any atom is 0.366 e. The average molecular weight is 1350 g/mol. The number of methoxy groups -OCH3 is 2. The number of amides is 1. The third kappa shape index (κ3) is 20.0. The van der Waals surface area contributed by atoms with Crippen LogP contribution in [0, 0.1) is 0 Å². The van der Waals surface area contributed by atoms with E-state index in [-0.39, 0.29) is 29.9 Å². The summed E-state index contributed by atoms with van der Waals surface area (Å²) in [6, 6.07) is 37.7. The first kappa shape index (κ1) is 73.1. The lowest BCUT2D eigenvalue weighted by Crippen LogP contribution is -2.70. The van der Waals surface area contributed by atoms with Crippen molar-refractivity contribution in [1.82, 2.24) is 5.32 Å². The molecule has 1 amide bonds. The number of hydrogen-bond acceptors (Lipinski definition) is 26. The van der Waals surface area contributed by atoms with Gasteiger partial charge in [0.2, 0.25) is 5.91 Å². The van der Waals surface area contributed by atoms with E-state index in [0.717, 1.165) is 41.7 Å². The van der Waals surface area contributed by atoms with Crippen molar-refractivity contribution in [2.45, 2.75) is 152 Å². The first-order valence-electron chi connectivity index (χ1n) is 30.6. The van der Waals surface area contributed by atoms with E-state index in [0.29, 0.717) is 11.1 Å². The van der Waals surface area contributed by atoms with Gasteiger partial charge in [0.05, 0.1) is 56.1 Å². The molecule has 29 nitrogen and oxygen atoms in total. The Kier molecular flexibility index (Phi) is 26.7. The second-order valence-corrected chi connectivity index (χ2v) is 22.3. The molecule has 0 aliphatic carbocycles. The summed E-state index contributed by atoms with van der Waals surface area (Å²) >= 11 is 0. The number of nitrogens with zero attached hydrogens (tertiary/aromatic N) is 3. The van der Waals surface area contributed by atoms with Gasteiger partial charge in [-0.3, -0.25) is 24.0 Å². The van der Waals surface area contributed by atoms with E-state index in [4.69, 9.17) is 75.8 Å². The third-order valence-corrected chi connectivity index (χ3v) is 15.4. The van der Waals surface area contributed by atoms with Gasteiger partial charge in [-0.1, -0.05) is 120 Å². The van der Waals surface area contributed by atoms with Crippen molar-refractivity contribution in [1.29, 1.82) is 0 Å². The molecule has 5 aromatic carbocycles. The maximum atomic E-state index is 14.9. The largest absolute Gasteiger partial charge is 0.465 e. The predicted octanol–water partition coefficient (Wildman–Crippen LogP) is 6.16. The standard InChI is InChI=1S/C68H74N4O25/c1-39(73)70-53-49(89-41(3)75)33-68(67(81)83-7,97-59(53)57(91-43(5)77)50(90-42(4)76)36-84-40(2)74)88-38-52-55(85-34-44-23-13-8-14-24-44)60(94-63(79)47-29-19-11-20-30-47)61(95-64(80)48-31-21-12-22-32-48)66(93-52)96-56-51(37-87-62(78)46-27-17-10-18-28-46)92-65(82-6)54(71-72-69)58(56)86-35-45-25-15-9-16-26-45/h8-32,49-61,65-66H,33-38H2,1-7H3,(H,70,73)/t49-,50+,51+,52+,53+,54+,55-,56+,57+,58+,59+,60-,61+,65-,66-,68-/m0/s1. The number of hydrogen-bond donors (Lipinski definition) is 1. The Morgan fingerprint density at radius 3 is 1.57 bits per heavy atom. The van der Waals surface area contributed by atoms with Crippen LogP contribution in [-0.4, -0.2) is 185 Å². The molecule has 0 aromatic heterocycles. The molecule has 97 heavy (non-hydrogen) atoms. The molecular weight excluding hydrogens is 1270 g/mol. The lowest BCUT2D eigenvalue weighted by atomic mass is 9.87. The van der Waals surface area contributed by atoms with Gasteiger partial charge in [0.1, 0.15) is 62.0 Å². The molecule has 3 heterocycles. The van der Waals surface area contributed by atoms with Crippen LogP contribution in [0.2, 0.25) is 0 Å². The van der Waals surface area contributed by atoms with Crippen molar-refractivity contribution >= 4 is 53.7 Å². The van der Waals surface area contributed by atoms with E-state index in [1.165, 1.54) is 43.5 Å². The summed E-state index contributed by atoms with van der Waals surface area (Å²) in [4.78, 5) is 126. The minimum Gasteiger partial charge on any atom is -0.465 e. The molecular formula is C68H74N4O25. The Labute approximate surface area is 556 Å². The number of carbonyl (C=O) groups excluding carboxylic acids is 9. The Morgan fingerprint density at radius 2 is 1.07 bits per heavy atom. The molecule has 3 aliphatic rings. The number of esters is 8. The number of benzene rings is 5. The molecule has 29 heteroatoms. The summed E-state index contributed by atoms with van der Waals surface area (Å²) in [7, 11) is 2.22. The fourth-order valence-electron chi connectivity index (χ4n) is 11.1. The molecule has 0 unspecified atom stereocenters. The minimum atomic E-state index is -2.90. The average Bonchev–Trinajstić information content (AvgIpc) is 0.763. The van der Waals surface area contributed by atoms with Crippen molar-refractivity contribution in [3.63, 3.8) is 0 Å². The number of rotatable bonds is 29. The van der Waals surface area contributed by atoms with Crippen molar-refractivity contribution < 1.29 is 119 Å². The smallest absolute Gasteiger partial charge is 0.366 e. The summed E-state index contributed by atoms with van der Waals surface area (Å²) in [5.41, 5.74) is 11.5. The fourth-order valence-corrected chi connectivity index (χ4v) is 11.1. The summed E-state index contributed by atoms with van der Waals surface area (Å²) in [6.07, 6.45) is -23.7. The summed E-state index contributed by atoms with van der Waals surface area (Å²) < 4.78 is 99.9. The molecule has 5 aromatic rings. The zero-order valence-corrected chi connectivity index (χ0v) is 53.9. The highest BCUT2D eigenvalue weighted by Gasteiger charge is 2.62. The van der Waals surface area contributed by atoms with Crippen molar-refractivity contribution in [2.24, 2.45) is 5.11 Å². The van der Waals surface area contributed by atoms with E-state index in [1.807, 2.05) is 0 Å². The molecule has 8 rings (SSSR count). The van der Waals surface area contributed by atoms with Crippen LogP contribution in [0.1, 0.15) is 83.2 Å². The van der Waals surface area contributed by atoms with Crippen molar-refractivity contribution in [2.75, 3.05) is 34.0 Å². The van der Waals surface area contributed by atoms with Crippen LogP contribution in [0.3, 0.4) is 0 Å². The normalized spacial score (nSPS) is 25.7. The Balaban J connectivity index is 1.33. The Morgan fingerprint density at radius 1 is 0.567 bits per heavy atom. The highest BCUT2D eigenvalue weighted by molar-refractivity contribution is 5.91. The maximum absolute atomic E-state index is 14.9. The molecule has 0 spiro atoms. The molecule has 3 saturated heterocycles. The van der Waals surface area contributed by atoms with Crippen LogP contribution in [0.5, 0.6) is 0 Å². The van der Waals surface area contributed by atoms with Crippen molar-refractivity contribution in [3.05, 3.63) is 190 Å². The van der Waals surface area contributed by atoms with E-state index >= 15 is 0 Å². The van der Waals surface area contributed by atoms with Gasteiger partial charge in [-0.2, -0.15) is 0 Å². The summed E-state index contributed by atoms with van der Waals surface area (Å²) in [5.74, 6) is -11.8. The van der Waals surface area contributed by atoms with Gasteiger partial charge in [0.15, 0.2) is 37.0 Å². The summed E-state index contributed by atoms with van der Waals surface area (Å²) in [6.45, 7) is 2.20. The van der Waals surface area contributed by atoms with Crippen LogP contribution >= 0.6 is 0 Å². The minimum absolute atomic E-state index is 0.00741. The number of nitrogens with one attached hydrogen (secondary N) is 1. The highest BCUT2D eigenvalue weighted by Crippen LogP contribution is 2.41. The van der Waals surface area contributed by atoms with Gasteiger partial charge >= 0.3 is 47.8 Å². The molecule has 16 atom stereocenters. The molecule has 3 fully saturated rings. The highest BCUT2D eigenvalue weighted by atomic mass is 16.8. The monoisotopic (exact) mass is 1350 g/mol. The quantitative estimate of drug-likeness (QED) is 0.0184. The van der Waals surface area contributed by atoms with Crippen LogP contribution in [0.15, 0.2) is 157 Å². The lowest BCUT2D eigenvalue weighted by Gasteiger charge is -2.50. The van der Waals surface area contributed by atoms with Crippen LogP contribution in [-0.2, 0) is 118 Å². The Hall–Kier alpha value is -9.68. The van der Waals surface area contributed by atoms with Gasteiger partial charge in [-0.15, -0.1) is 0 Å². The number of carbonyl (C=O) groups is 9. The summed E-state index contributed by atoms with van der Waals surface area (Å²) in [5, 5.41) is 6.67. The van der Waals surface area contributed by atoms with Crippen LogP contribution in [0.4, 0.5) is 0 Å². The second kappa shape index (κ2) is 35.4. The third-order valence-electron chi connectivity index (χ3n) is 15.4. The van der Waals surface area contributed by atoms with Gasteiger partial charge in [-0.25, -0.2) is 19.2 Å². The first-order chi connectivity index (χ1) is 46.7. The van der Waals surface area contributed by atoms with Crippen LogP contribution < -0.4 is 5.32 Å². The van der Waals surface area contributed by atoms with Crippen LogP contribution in [0.25, 0.3) is 10.4 Å². The SMILES string of the molecule is COC(=O)[C@]1(OC[C@H]2O[C@@H](O[C@H]3[C@H](OCc4ccccc4)[C@@H](N=[N+]=[N-])[C@@H](OC)O[C@@H]3COC(=O)c3ccccc3)[C@H](OC(=O)c3ccccc3)[C@@H](OC(=O)c3ccccc3)[C@H]2OCc2ccccc2)C[C@H](OC(C)=O)[C@@H](NC(C)=O)[C@H]([C@H](OC(C)=O)[C@@H](COC(C)=O)OC(C)=O)O1. The van der Waals surface area contributed by atoms with E-state index in [9.17, 15) is 48.7 Å². The lowest BCUT2D eigenvalue weighted by molar-refractivity contribution is -0.362. The van der Waals surface area contributed by atoms with E-state index in [1.54, 1.807) is 115 Å². The number of azide groups is 1. The van der Waals surface area contributed by atoms with E-state index < -0.39 is 177 Å². The molecule has 3 aliphatic heterocycles. The molecule has 0 bridgehead atoms. The van der Waals surface area contributed by atoms with E-state index in [2.05, 4.69) is 15.3 Å². The van der Waals surface area contributed by atoms with Gasteiger partial charge in [0, 0.05) is 46.6 Å². The zero-order valence-electron chi connectivity index (χ0n) is 53.9. The van der Waals surface area contributed by atoms with Gasteiger partial charge in [-0.05, 0) is 53.1 Å². The molecule has 516 valence electrons. The van der Waals surface area contributed by atoms with Gasteiger partial charge in [0.25, 0.3) is 5.79 Å². The molecule has 0 radical (unpaired) electrons. The van der Waals surface area contributed by atoms with Gasteiger partial charge < -0.3 is 81.1 Å². The first-order valence-corrected chi connectivity index (χ1v) is 30.6. The number of ether oxygens (including phenoxy) is 16. The second-order valence-electron chi connectivity index (χ2n) is 22.3. The molecule has 1 N–H and O–H groups in total. The molecule has 0 saturated carbocycles. The topological polar surface area (TPSA) is 362 Å². The zero-order chi connectivity index (χ0) is 69.6. The van der Waals surface area contributed by atoms with Crippen molar-refractivity contribution in [3.8, 4) is 0 Å². The fraction of sp³-hybridized carbons (Fsp3) is 0.426.